The summed E-state index contributed by atoms with van der Waals surface area (Å²) in [6.07, 6.45) is 0.901. The number of rotatable bonds is 6. The molecule has 3 atom stereocenters. The van der Waals surface area contributed by atoms with Crippen molar-refractivity contribution in [3.63, 3.8) is 0 Å². The van der Waals surface area contributed by atoms with Gasteiger partial charge in [-0.1, -0.05) is 13.8 Å². The van der Waals surface area contributed by atoms with Crippen molar-refractivity contribution in [1.82, 2.24) is 20.2 Å². The number of hydrogen-bond donors (Lipinski definition) is 3. The lowest BCUT2D eigenvalue weighted by atomic mass is 10.0. The quantitative estimate of drug-likeness (QED) is 0.741. The fourth-order valence-electron chi connectivity index (χ4n) is 3.16. The summed E-state index contributed by atoms with van der Waals surface area (Å²) in [4.78, 5) is 8.59. The van der Waals surface area contributed by atoms with Crippen LogP contribution >= 0.6 is 0 Å². The van der Waals surface area contributed by atoms with Crippen LogP contribution in [0.5, 0.6) is 5.88 Å². The van der Waals surface area contributed by atoms with E-state index in [1.807, 2.05) is 13.8 Å². The molecule has 0 spiro atoms. The van der Waals surface area contributed by atoms with Crippen LogP contribution in [0, 0.1) is 11.7 Å². The Kier molecular flexibility index (Phi) is 5.17. The molecule has 0 unspecified atom stereocenters. The van der Waals surface area contributed by atoms with Gasteiger partial charge in [-0.25, -0.2) is 9.37 Å². The van der Waals surface area contributed by atoms with Crippen molar-refractivity contribution in [3.8, 4) is 5.88 Å². The molecule has 25 heavy (non-hydrogen) atoms. The Bertz CT molecular complexity index is 721. The number of anilines is 1. The zero-order valence-corrected chi connectivity index (χ0v) is 14.7. The Labute approximate surface area is 146 Å². The van der Waals surface area contributed by atoms with Crippen LogP contribution in [-0.2, 0) is 0 Å². The SMILES string of the molecule is COc1ccc(F)c(NC[C@H]2C[C@H](c3nc(C(C)C)n[nH]3)C[C@H]2O)n1. The number of aromatic amines is 1. The fraction of sp³-hybridized carbons (Fsp3) is 0.588. The van der Waals surface area contributed by atoms with Crippen LogP contribution in [0.15, 0.2) is 12.1 Å². The molecule has 2 aromatic rings. The van der Waals surface area contributed by atoms with Gasteiger partial charge in [0.1, 0.15) is 5.82 Å². The molecule has 1 aliphatic carbocycles. The molecule has 0 saturated heterocycles. The molecular weight excluding hydrogens is 325 g/mol. The second-order valence-corrected chi connectivity index (χ2v) is 6.79. The van der Waals surface area contributed by atoms with Crippen LogP contribution in [-0.4, -0.2) is 45.0 Å². The maximum Gasteiger partial charge on any atom is 0.215 e. The molecule has 3 N–H and O–H groups in total. The highest BCUT2D eigenvalue weighted by Crippen LogP contribution is 2.37. The smallest absolute Gasteiger partial charge is 0.215 e. The number of pyridine rings is 1. The Hall–Kier alpha value is -2.22. The number of methoxy groups -OCH3 is 1. The number of halogens is 1. The van der Waals surface area contributed by atoms with Gasteiger partial charge in [0.15, 0.2) is 17.5 Å². The van der Waals surface area contributed by atoms with Gasteiger partial charge in [-0.05, 0) is 18.9 Å². The van der Waals surface area contributed by atoms with Crippen LogP contribution in [0.1, 0.15) is 50.2 Å². The Morgan fingerprint density at radius 3 is 2.84 bits per heavy atom. The predicted octanol–water partition coefficient (Wildman–Crippen LogP) is 2.44. The standard InChI is InChI=1S/C17H24FN5O2/c1-9(2)15-21-16(23-22-15)10-6-11(13(24)7-10)8-19-17-12(18)4-5-14(20-17)25-3/h4-5,9-11,13,24H,6-8H2,1-3H3,(H,19,20)(H,21,22,23)/t10-,11+,13+/m0/s1. The summed E-state index contributed by atoms with van der Waals surface area (Å²) >= 11 is 0. The summed E-state index contributed by atoms with van der Waals surface area (Å²) in [6.45, 7) is 4.51. The summed E-state index contributed by atoms with van der Waals surface area (Å²) < 4.78 is 18.8. The summed E-state index contributed by atoms with van der Waals surface area (Å²) in [5.41, 5.74) is 0. The number of nitrogens with one attached hydrogen (secondary N) is 2. The van der Waals surface area contributed by atoms with Gasteiger partial charge in [-0.15, -0.1) is 0 Å². The van der Waals surface area contributed by atoms with E-state index in [0.29, 0.717) is 18.8 Å². The highest BCUT2D eigenvalue weighted by Gasteiger charge is 2.35. The number of aliphatic hydroxyl groups is 1. The van der Waals surface area contributed by atoms with Crippen molar-refractivity contribution < 1.29 is 14.2 Å². The van der Waals surface area contributed by atoms with Gasteiger partial charge in [-0.3, -0.25) is 5.10 Å². The lowest BCUT2D eigenvalue weighted by molar-refractivity contribution is 0.137. The number of ether oxygens (including phenoxy) is 1. The Balaban J connectivity index is 1.62. The van der Waals surface area contributed by atoms with Gasteiger partial charge in [0.2, 0.25) is 5.88 Å². The number of aromatic nitrogens is 4. The average Bonchev–Trinajstić information content (AvgIpc) is 3.21. The van der Waals surface area contributed by atoms with Crippen molar-refractivity contribution in [1.29, 1.82) is 0 Å². The van der Waals surface area contributed by atoms with Crippen LogP contribution < -0.4 is 10.1 Å². The molecular formula is C17H24FN5O2. The van der Waals surface area contributed by atoms with E-state index in [0.717, 1.165) is 18.1 Å². The highest BCUT2D eigenvalue weighted by molar-refractivity contribution is 5.39. The number of H-pyrrole nitrogens is 1. The van der Waals surface area contributed by atoms with E-state index in [-0.39, 0.29) is 23.6 Å². The largest absolute Gasteiger partial charge is 0.481 e. The van der Waals surface area contributed by atoms with Crippen molar-refractivity contribution >= 4 is 5.82 Å². The molecule has 1 fully saturated rings. The first kappa shape index (κ1) is 17.6. The molecule has 0 aliphatic heterocycles. The first-order valence-electron chi connectivity index (χ1n) is 8.52. The number of hydrogen-bond acceptors (Lipinski definition) is 6. The van der Waals surface area contributed by atoms with E-state index in [4.69, 9.17) is 4.74 Å². The second kappa shape index (κ2) is 7.35. The maximum atomic E-state index is 13.8. The third kappa shape index (κ3) is 3.89. The van der Waals surface area contributed by atoms with Gasteiger partial charge < -0.3 is 15.2 Å². The minimum Gasteiger partial charge on any atom is -0.481 e. The Morgan fingerprint density at radius 2 is 2.16 bits per heavy atom. The normalized spacial score (nSPS) is 23.2. The van der Waals surface area contributed by atoms with E-state index in [2.05, 4.69) is 25.5 Å². The lowest BCUT2D eigenvalue weighted by Gasteiger charge is -2.16. The number of aliphatic hydroxyl groups excluding tert-OH is 1. The van der Waals surface area contributed by atoms with E-state index < -0.39 is 11.9 Å². The lowest BCUT2D eigenvalue weighted by Crippen LogP contribution is -2.22. The third-order valence-corrected chi connectivity index (χ3v) is 4.64. The molecule has 0 radical (unpaired) electrons. The molecule has 1 aliphatic rings. The van der Waals surface area contributed by atoms with Crippen LogP contribution in [0.3, 0.4) is 0 Å². The van der Waals surface area contributed by atoms with Crippen molar-refractivity contribution in [2.75, 3.05) is 19.0 Å². The molecule has 2 aromatic heterocycles. The van der Waals surface area contributed by atoms with Gasteiger partial charge >= 0.3 is 0 Å². The van der Waals surface area contributed by atoms with Gasteiger partial charge in [0, 0.05) is 30.4 Å². The first-order valence-corrected chi connectivity index (χ1v) is 8.52. The van der Waals surface area contributed by atoms with E-state index in [1.54, 1.807) is 0 Å². The van der Waals surface area contributed by atoms with Crippen LogP contribution in [0.25, 0.3) is 0 Å². The topological polar surface area (TPSA) is 96.0 Å². The van der Waals surface area contributed by atoms with Gasteiger partial charge in [0.05, 0.1) is 13.2 Å². The molecule has 8 heteroatoms. The summed E-state index contributed by atoms with van der Waals surface area (Å²) in [5.74, 6) is 2.02. The van der Waals surface area contributed by atoms with Crippen LogP contribution in [0.4, 0.5) is 10.2 Å². The Morgan fingerprint density at radius 1 is 1.36 bits per heavy atom. The second-order valence-electron chi connectivity index (χ2n) is 6.79. The highest BCUT2D eigenvalue weighted by atomic mass is 19.1. The van der Waals surface area contributed by atoms with E-state index >= 15 is 0 Å². The minimum atomic E-state index is -0.473. The maximum absolute atomic E-state index is 13.8. The van der Waals surface area contributed by atoms with E-state index in [1.165, 1.54) is 19.2 Å². The molecule has 1 saturated carbocycles. The predicted molar refractivity (Wildman–Crippen MR) is 91.2 cm³/mol. The molecule has 136 valence electrons. The van der Waals surface area contributed by atoms with Gasteiger partial charge in [0.25, 0.3) is 0 Å². The molecule has 2 heterocycles. The monoisotopic (exact) mass is 349 g/mol. The molecule has 0 amide bonds. The van der Waals surface area contributed by atoms with Crippen molar-refractivity contribution in [2.24, 2.45) is 5.92 Å². The summed E-state index contributed by atoms with van der Waals surface area (Å²) in [7, 11) is 1.48. The zero-order valence-electron chi connectivity index (χ0n) is 14.7. The van der Waals surface area contributed by atoms with Gasteiger partial charge in [-0.2, -0.15) is 10.1 Å². The van der Waals surface area contributed by atoms with E-state index in [9.17, 15) is 9.50 Å². The number of nitrogens with zero attached hydrogens (tertiary/aromatic N) is 3. The van der Waals surface area contributed by atoms with Crippen molar-refractivity contribution in [3.05, 3.63) is 29.6 Å². The fourth-order valence-corrected chi connectivity index (χ4v) is 3.16. The molecule has 7 nitrogen and oxygen atoms in total. The first-order chi connectivity index (χ1) is 12.0. The molecule has 0 bridgehead atoms. The average molecular weight is 349 g/mol. The van der Waals surface area contributed by atoms with Crippen LogP contribution in [0.2, 0.25) is 0 Å². The van der Waals surface area contributed by atoms with Crippen molar-refractivity contribution in [2.45, 2.75) is 44.6 Å². The molecule has 3 rings (SSSR count). The minimum absolute atomic E-state index is 0.00926. The summed E-state index contributed by atoms with van der Waals surface area (Å²) in [6, 6.07) is 2.78. The zero-order chi connectivity index (χ0) is 18.0. The summed E-state index contributed by atoms with van der Waals surface area (Å²) in [5, 5.41) is 20.5. The molecule has 0 aromatic carbocycles. The third-order valence-electron chi connectivity index (χ3n) is 4.64.